The van der Waals surface area contributed by atoms with E-state index < -0.39 is 124 Å². The van der Waals surface area contributed by atoms with Crippen LogP contribution >= 0.6 is 0 Å². The second kappa shape index (κ2) is 56.5. The SMILES string of the molecule is CCCCCCCC/C=C\CCCCCCCCCCCC(=O)NC(COC1OC(CO)C(OC2OC(CO)C(OC3OC(CO)C(O)C(O)C3O)C(O)C2O)C(O)C1O)C(O)/C=C/CC/C=C/CC/C=C/CCCCCCCCCCCCCCCCCCCCCC. The maximum atomic E-state index is 13.4. The molecule has 0 spiro atoms. The number of hydrogen-bond donors (Lipinski definition) is 12. The molecule has 0 aromatic carbocycles. The van der Waals surface area contributed by atoms with Crippen molar-refractivity contribution in [2.75, 3.05) is 26.4 Å². The molecule has 550 valence electrons. The molecule has 3 heterocycles. The van der Waals surface area contributed by atoms with Crippen LogP contribution in [0.4, 0.5) is 0 Å². The Bertz CT molecular complexity index is 1890. The Morgan fingerprint density at radius 1 is 0.372 bits per heavy atom. The summed E-state index contributed by atoms with van der Waals surface area (Å²) >= 11 is 0. The van der Waals surface area contributed by atoms with Gasteiger partial charge in [-0.05, 0) is 70.6 Å². The van der Waals surface area contributed by atoms with Crippen LogP contribution in [0.1, 0.15) is 290 Å². The fourth-order valence-electron chi connectivity index (χ4n) is 12.7. The highest BCUT2D eigenvalue weighted by atomic mass is 16.8. The van der Waals surface area contributed by atoms with E-state index >= 15 is 0 Å². The van der Waals surface area contributed by atoms with E-state index in [0.717, 1.165) is 57.8 Å². The van der Waals surface area contributed by atoms with Gasteiger partial charge in [-0.2, -0.15) is 0 Å². The molecule has 94 heavy (non-hydrogen) atoms. The van der Waals surface area contributed by atoms with Crippen LogP contribution in [0.25, 0.3) is 0 Å². The van der Waals surface area contributed by atoms with Crippen LogP contribution in [-0.4, -0.2) is 193 Å². The molecule has 17 unspecified atom stereocenters. The van der Waals surface area contributed by atoms with Gasteiger partial charge in [-0.1, -0.05) is 262 Å². The van der Waals surface area contributed by atoms with Crippen molar-refractivity contribution in [3.05, 3.63) is 48.6 Å². The average molecular weight is 1340 g/mol. The van der Waals surface area contributed by atoms with Crippen molar-refractivity contribution < 1.29 is 89.4 Å². The van der Waals surface area contributed by atoms with Gasteiger partial charge in [-0.25, -0.2) is 0 Å². The molecule has 19 heteroatoms. The van der Waals surface area contributed by atoms with E-state index in [-0.39, 0.29) is 18.9 Å². The molecule has 19 nitrogen and oxygen atoms in total. The number of aliphatic hydroxyl groups excluding tert-OH is 11. The predicted molar refractivity (Wildman–Crippen MR) is 369 cm³/mol. The van der Waals surface area contributed by atoms with Crippen LogP contribution in [0.3, 0.4) is 0 Å². The molecule has 0 bridgehead atoms. The summed E-state index contributed by atoms with van der Waals surface area (Å²) in [5.74, 6) is -0.290. The van der Waals surface area contributed by atoms with Gasteiger partial charge in [0.1, 0.15) is 73.2 Å². The molecule has 0 aromatic heterocycles. The fraction of sp³-hybridized carbons (Fsp3) is 0.880. The number of ether oxygens (including phenoxy) is 6. The quantitative estimate of drug-likeness (QED) is 0.0199. The summed E-state index contributed by atoms with van der Waals surface area (Å²) in [5, 5.41) is 121. The fourth-order valence-corrected chi connectivity index (χ4v) is 12.7. The molecular formula is C75H137NO18. The van der Waals surface area contributed by atoms with Gasteiger partial charge in [-0.15, -0.1) is 0 Å². The number of nitrogens with one attached hydrogen (secondary N) is 1. The standard InChI is InChI=1S/C75H137NO18/c1-3-5-7-9-11-13-15-17-19-21-23-24-25-26-27-28-29-30-31-32-33-35-36-38-40-42-44-46-48-50-52-59(80)58(76-63(81)53-51-49-47-45-43-41-39-37-34-22-20-18-16-14-12-10-8-6-4-2)57-89-73-69(87)66(84)71(61(55-78)91-73)94-75-70(88)67(85)72(62(56-79)92-75)93-74-68(86)65(83)64(82)60(54-77)90-74/h18,20,35-36,42,44,50,52,58-62,64-75,77-80,82-88H,3-17,19,21-34,37-41,43,45-49,51,53-57H2,1-2H3,(H,76,81)/b20-18-,36-35+,44-42+,52-50+. The topological polar surface area (TPSA) is 307 Å². The second-order valence-corrected chi connectivity index (χ2v) is 27.1. The number of unbranched alkanes of at least 4 members (excludes halogenated alkanes) is 37. The predicted octanol–water partition coefficient (Wildman–Crippen LogP) is 11.3. The van der Waals surface area contributed by atoms with E-state index in [1.54, 1.807) is 6.08 Å². The van der Waals surface area contributed by atoms with Crippen molar-refractivity contribution in [1.82, 2.24) is 5.32 Å². The van der Waals surface area contributed by atoms with E-state index in [2.05, 4.69) is 55.6 Å². The zero-order chi connectivity index (χ0) is 68.2. The van der Waals surface area contributed by atoms with E-state index in [1.165, 1.54) is 199 Å². The Hall–Kier alpha value is -2.25. The third kappa shape index (κ3) is 37.3. The number of rotatable bonds is 59. The van der Waals surface area contributed by atoms with Crippen LogP contribution in [0, 0.1) is 0 Å². The van der Waals surface area contributed by atoms with Gasteiger partial charge >= 0.3 is 0 Å². The Morgan fingerprint density at radius 3 is 1.06 bits per heavy atom. The van der Waals surface area contributed by atoms with Crippen molar-refractivity contribution in [2.45, 2.75) is 394 Å². The van der Waals surface area contributed by atoms with Crippen molar-refractivity contribution in [3.63, 3.8) is 0 Å². The normalized spacial score (nSPS) is 27.6. The molecule has 3 fully saturated rings. The highest BCUT2D eigenvalue weighted by molar-refractivity contribution is 5.76. The highest BCUT2D eigenvalue weighted by Gasteiger charge is 2.53. The van der Waals surface area contributed by atoms with Crippen molar-refractivity contribution in [1.29, 1.82) is 0 Å². The minimum absolute atomic E-state index is 0.230. The molecule has 0 aromatic rings. The van der Waals surface area contributed by atoms with Gasteiger partial charge in [0.2, 0.25) is 5.91 Å². The van der Waals surface area contributed by atoms with Crippen LogP contribution in [0.15, 0.2) is 48.6 Å². The van der Waals surface area contributed by atoms with Gasteiger partial charge in [-0.3, -0.25) is 4.79 Å². The Morgan fingerprint density at radius 2 is 0.681 bits per heavy atom. The molecule has 3 saturated heterocycles. The Balaban J connectivity index is 1.42. The summed E-state index contributed by atoms with van der Waals surface area (Å²) in [6.45, 7) is 1.73. The number of carbonyl (C=O) groups excluding carboxylic acids is 1. The zero-order valence-electron chi connectivity index (χ0n) is 58.4. The summed E-state index contributed by atoms with van der Waals surface area (Å²) in [6, 6.07) is -0.999. The lowest BCUT2D eigenvalue weighted by atomic mass is 9.96. The minimum atomic E-state index is -1.98. The third-order valence-corrected chi connectivity index (χ3v) is 18.8. The number of allylic oxidation sites excluding steroid dienone is 7. The van der Waals surface area contributed by atoms with Crippen LogP contribution < -0.4 is 5.32 Å². The zero-order valence-corrected chi connectivity index (χ0v) is 58.4. The first kappa shape index (κ1) is 86.0. The molecule has 1 amide bonds. The Kier molecular flexibility index (Phi) is 51.7. The van der Waals surface area contributed by atoms with Crippen molar-refractivity contribution in [3.8, 4) is 0 Å². The first-order chi connectivity index (χ1) is 45.8. The van der Waals surface area contributed by atoms with Gasteiger partial charge in [0.15, 0.2) is 18.9 Å². The van der Waals surface area contributed by atoms with Gasteiger partial charge < -0.3 is 89.9 Å². The second-order valence-electron chi connectivity index (χ2n) is 27.1. The summed E-state index contributed by atoms with van der Waals surface area (Å²) in [6.07, 6.45) is 42.5. The number of aliphatic hydroxyl groups is 11. The molecule has 0 saturated carbocycles. The maximum absolute atomic E-state index is 13.4. The largest absolute Gasteiger partial charge is 0.394 e. The Labute approximate surface area is 567 Å². The van der Waals surface area contributed by atoms with Gasteiger partial charge in [0, 0.05) is 6.42 Å². The van der Waals surface area contributed by atoms with E-state index in [4.69, 9.17) is 28.4 Å². The van der Waals surface area contributed by atoms with Crippen molar-refractivity contribution >= 4 is 5.91 Å². The smallest absolute Gasteiger partial charge is 0.220 e. The monoisotopic (exact) mass is 1340 g/mol. The van der Waals surface area contributed by atoms with E-state index in [1.807, 2.05) is 6.08 Å². The summed E-state index contributed by atoms with van der Waals surface area (Å²) in [5.41, 5.74) is 0. The third-order valence-electron chi connectivity index (χ3n) is 18.8. The lowest BCUT2D eigenvalue weighted by Crippen LogP contribution is -2.66. The molecule has 17 atom stereocenters. The van der Waals surface area contributed by atoms with Crippen LogP contribution in [-0.2, 0) is 33.2 Å². The van der Waals surface area contributed by atoms with Crippen LogP contribution in [0.5, 0.6) is 0 Å². The number of carbonyl (C=O) groups is 1. The molecule has 12 N–H and O–H groups in total. The molecule has 0 radical (unpaired) electrons. The van der Waals surface area contributed by atoms with Crippen LogP contribution in [0.2, 0.25) is 0 Å². The van der Waals surface area contributed by atoms with Gasteiger partial charge in [0.05, 0.1) is 38.6 Å². The van der Waals surface area contributed by atoms with E-state index in [0.29, 0.717) is 12.8 Å². The lowest BCUT2D eigenvalue weighted by Gasteiger charge is -2.48. The summed E-state index contributed by atoms with van der Waals surface area (Å²) in [4.78, 5) is 13.4. The molecular weight excluding hydrogens is 1200 g/mol. The molecule has 3 rings (SSSR count). The summed E-state index contributed by atoms with van der Waals surface area (Å²) < 4.78 is 34.4. The maximum Gasteiger partial charge on any atom is 0.220 e. The van der Waals surface area contributed by atoms with Crippen molar-refractivity contribution in [2.24, 2.45) is 0 Å². The molecule has 3 aliphatic rings. The first-order valence-electron chi connectivity index (χ1n) is 37.9. The highest BCUT2D eigenvalue weighted by Crippen LogP contribution is 2.33. The number of hydrogen-bond acceptors (Lipinski definition) is 18. The molecule has 0 aliphatic carbocycles. The first-order valence-corrected chi connectivity index (χ1v) is 37.9. The number of amides is 1. The summed E-state index contributed by atoms with van der Waals surface area (Å²) in [7, 11) is 0. The van der Waals surface area contributed by atoms with Gasteiger partial charge in [0.25, 0.3) is 0 Å². The molecule has 3 aliphatic heterocycles. The lowest BCUT2D eigenvalue weighted by molar-refractivity contribution is -0.379. The average Bonchev–Trinajstić information content (AvgIpc) is 0.787. The minimum Gasteiger partial charge on any atom is -0.394 e. The van der Waals surface area contributed by atoms with E-state index in [9.17, 15) is 61.0 Å².